The number of aryl methyl sites for hydroxylation is 2. The Kier molecular flexibility index (Phi) is 5.32. The lowest BCUT2D eigenvalue weighted by molar-refractivity contribution is -0.124. The van der Waals surface area contributed by atoms with Crippen LogP contribution in [-0.2, 0) is 4.79 Å². The van der Waals surface area contributed by atoms with E-state index in [0.717, 1.165) is 11.1 Å². The predicted molar refractivity (Wildman–Crippen MR) is 72.1 cm³/mol. The SMILES string of the molecule is Cc1ccc(C)c(OCC(=O)NCC(C)(O)CO)c1. The van der Waals surface area contributed by atoms with Crippen LogP contribution in [0.1, 0.15) is 18.1 Å². The third kappa shape index (κ3) is 5.28. The minimum absolute atomic E-state index is 0.0154. The van der Waals surface area contributed by atoms with E-state index in [9.17, 15) is 9.90 Å². The van der Waals surface area contributed by atoms with Crippen LogP contribution in [0.3, 0.4) is 0 Å². The summed E-state index contributed by atoms with van der Waals surface area (Å²) in [6.45, 7) is 4.75. The Balaban J connectivity index is 2.44. The van der Waals surface area contributed by atoms with Crippen LogP contribution in [0, 0.1) is 13.8 Å². The number of ether oxygens (including phenoxy) is 1. The van der Waals surface area contributed by atoms with Crippen molar-refractivity contribution < 1.29 is 19.7 Å². The first-order valence-corrected chi connectivity index (χ1v) is 6.14. The molecule has 3 N–H and O–H groups in total. The van der Waals surface area contributed by atoms with Crippen LogP contribution in [-0.4, -0.2) is 41.5 Å². The second-order valence-corrected chi connectivity index (χ2v) is 4.99. The monoisotopic (exact) mass is 267 g/mol. The first-order valence-electron chi connectivity index (χ1n) is 6.14. The first kappa shape index (κ1) is 15.5. The molecule has 0 saturated carbocycles. The fourth-order valence-corrected chi connectivity index (χ4v) is 1.40. The Labute approximate surface area is 113 Å². The van der Waals surface area contributed by atoms with Gasteiger partial charge in [0.15, 0.2) is 6.61 Å². The second kappa shape index (κ2) is 6.54. The summed E-state index contributed by atoms with van der Waals surface area (Å²) in [5.74, 6) is 0.332. The topological polar surface area (TPSA) is 78.8 Å². The zero-order valence-electron chi connectivity index (χ0n) is 11.6. The quantitative estimate of drug-likeness (QED) is 0.703. The van der Waals surface area contributed by atoms with Crippen LogP contribution >= 0.6 is 0 Å². The molecular weight excluding hydrogens is 246 g/mol. The zero-order valence-corrected chi connectivity index (χ0v) is 11.6. The fourth-order valence-electron chi connectivity index (χ4n) is 1.40. The summed E-state index contributed by atoms with van der Waals surface area (Å²) in [4.78, 5) is 11.5. The highest BCUT2D eigenvalue weighted by Crippen LogP contribution is 2.18. The van der Waals surface area contributed by atoms with E-state index in [2.05, 4.69) is 5.32 Å². The van der Waals surface area contributed by atoms with E-state index in [1.807, 2.05) is 32.0 Å². The second-order valence-electron chi connectivity index (χ2n) is 4.99. The summed E-state index contributed by atoms with van der Waals surface area (Å²) < 4.78 is 5.42. The van der Waals surface area contributed by atoms with Crippen LogP contribution in [0.4, 0.5) is 0 Å². The lowest BCUT2D eigenvalue weighted by atomic mass is 10.1. The minimum atomic E-state index is -1.31. The lowest BCUT2D eigenvalue weighted by Crippen LogP contribution is -2.44. The minimum Gasteiger partial charge on any atom is -0.483 e. The van der Waals surface area contributed by atoms with Crippen LogP contribution in [0.25, 0.3) is 0 Å². The molecule has 19 heavy (non-hydrogen) atoms. The van der Waals surface area contributed by atoms with Crippen LogP contribution < -0.4 is 10.1 Å². The number of aliphatic hydroxyl groups is 2. The first-order chi connectivity index (χ1) is 8.84. The van der Waals surface area contributed by atoms with Gasteiger partial charge >= 0.3 is 0 Å². The number of rotatable bonds is 6. The number of amides is 1. The molecule has 106 valence electrons. The Morgan fingerprint density at radius 2 is 2.11 bits per heavy atom. The van der Waals surface area contributed by atoms with Gasteiger partial charge in [0.1, 0.15) is 11.4 Å². The highest BCUT2D eigenvalue weighted by molar-refractivity contribution is 5.77. The van der Waals surface area contributed by atoms with Gasteiger partial charge in [0.25, 0.3) is 5.91 Å². The maximum Gasteiger partial charge on any atom is 0.258 e. The Bertz CT molecular complexity index is 443. The molecule has 0 aliphatic heterocycles. The average molecular weight is 267 g/mol. The molecule has 1 amide bonds. The molecule has 0 aromatic heterocycles. The third-order valence-corrected chi connectivity index (χ3v) is 2.71. The number of benzene rings is 1. The predicted octanol–water partition coefficient (Wildman–Crippen LogP) is 0.542. The molecular formula is C14H21NO4. The van der Waals surface area contributed by atoms with Crippen molar-refractivity contribution in [1.29, 1.82) is 0 Å². The standard InChI is InChI=1S/C14H21NO4/c1-10-4-5-11(2)12(6-10)19-7-13(17)15-8-14(3,18)9-16/h4-6,16,18H,7-9H2,1-3H3,(H,15,17). The van der Waals surface area contributed by atoms with Crippen molar-refractivity contribution in [2.24, 2.45) is 0 Å². The number of carbonyl (C=O) groups is 1. The third-order valence-electron chi connectivity index (χ3n) is 2.71. The summed E-state index contributed by atoms with van der Waals surface area (Å²) in [5, 5.41) is 20.9. The molecule has 0 aliphatic rings. The van der Waals surface area contributed by atoms with Gasteiger partial charge in [-0.25, -0.2) is 0 Å². The lowest BCUT2D eigenvalue weighted by Gasteiger charge is -2.20. The molecule has 0 aliphatic carbocycles. The Morgan fingerprint density at radius 3 is 2.74 bits per heavy atom. The molecule has 0 saturated heterocycles. The summed E-state index contributed by atoms with van der Waals surface area (Å²) in [7, 11) is 0. The summed E-state index contributed by atoms with van der Waals surface area (Å²) >= 11 is 0. The summed E-state index contributed by atoms with van der Waals surface area (Å²) in [6.07, 6.45) is 0. The molecule has 0 fully saturated rings. The number of carbonyl (C=O) groups excluding carboxylic acids is 1. The number of hydrogen-bond acceptors (Lipinski definition) is 4. The largest absolute Gasteiger partial charge is 0.483 e. The molecule has 0 bridgehead atoms. The van der Waals surface area contributed by atoms with E-state index >= 15 is 0 Å². The highest BCUT2D eigenvalue weighted by Gasteiger charge is 2.19. The van der Waals surface area contributed by atoms with E-state index in [1.165, 1.54) is 6.92 Å². The van der Waals surface area contributed by atoms with E-state index < -0.39 is 12.2 Å². The maximum absolute atomic E-state index is 11.5. The van der Waals surface area contributed by atoms with E-state index in [0.29, 0.717) is 5.75 Å². The molecule has 1 unspecified atom stereocenters. The van der Waals surface area contributed by atoms with Crippen molar-refractivity contribution in [2.75, 3.05) is 19.8 Å². The van der Waals surface area contributed by atoms with Crippen molar-refractivity contribution in [2.45, 2.75) is 26.4 Å². The van der Waals surface area contributed by atoms with Gasteiger partial charge in [-0.2, -0.15) is 0 Å². The number of nitrogens with one attached hydrogen (secondary N) is 1. The summed E-state index contributed by atoms with van der Waals surface area (Å²) in [5.41, 5.74) is 0.708. The van der Waals surface area contributed by atoms with Gasteiger partial charge in [-0.15, -0.1) is 0 Å². The smallest absolute Gasteiger partial charge is 0.258 e. The van der Waals surface area contributed by atoms with E-state index in [4.69, 9.17) is 9.84 Å². The molecule has 1 rings (SSSR count). The van der Waals surface area contributed by atoms with Gasteiger partial charge in [-0.3, -0.25) is 4.79 Å². The molecule has 0 heterocycles. The van der Waals surface area contributed by atoms with E-state index in [-0.39, 0.29) is 19.1 Å². The van der Waals surface area contributed by atoms with Crippen molar-refractivity contribution in [3.63, 3.8) is 0 Å². The van der Waals surface area contributed by atoms with Gasteiger partial charge in [0.2, 0.25) is 0 Å². The number of aliphatic hydroxyl groups excluding tert-OH is 1. The summed E-state index contributed by atoms with van der Waals surface area (Å²) in [6, 6.07) is 5.77. The fraction of sp³-hybridized carbons (Fsp3) is 0.500. The molecule has 0 radical (unpaired) electrons. The van der Waals surface area contributed by atoms with Crippen molar-refractivity contribution in [3.8, 4) is 5.75 Å². The molecule has 1 aromatic rings. The van der Waals surface area contributed by atoms with Gasteiger partial charge < -0.3 is 20.3 Å². The van der Waals surface area contributed by atoms with Crippen molar-refractivity contribution in [1.82, 2.24) is 5.32 Å². The number of hydrogen-bond donors (Lipinski definition) is 3. The van der Waals surface area contributed by atoms with Crippen LogP contribution in [0.15, 0.2) is 18.2 Å². The molecule has 1 aromatic carbocycles. The normalized spacial score (nSPS) is 13.7. The van der Waals surface area contributed by atoms with Crippen LogP contribution in [0.5, 0.6) is 5.75 Å². The Hall–Kier alpha value is -1.59. The molecule has 5 heteroatoms. The van der Waals surface area contributed by atoms with Crippen LogP contribution in [0.2, 0.25) is 0 Å². The highest BCUT2D eigenvalue weighted by atomic mass is 16.5. The maximum atomic E-state index is 11.5. The molecule has 5 nitrogen and oxygen atoms in total. The molecule has 1 atom stereocenters. The van der Waals surface area contributed by atoms with Crippen molar-refractivity contribution in [3.05, 3.63) is 29.3 Å². The van der Waals surface area contributed by atoms with E-state index in [1.54, 1.807) is 0 Å². The zero-order chi connectivity index (χ0) is 14.5. The molecule has 0 spiro atoms. The van der Waals surface area contributed by atoms with Crippen molar-refractivity contribution >= 4 is 5.91 Å². The van der Waals surface area contributed by atoms with Gasteiger partial charge in [-0.05, 0) is 38.0 Å². The average Bonchev–Trinajstić information content (AvgIpc) is 2.37. The Morgan fingerprint density at radius 1 is 1.42 bits per heavy atom. The van der Waals surface area contributed by atoms with Gasteiger partial charge in [0.05, 0.1) is 6.61 Å². The van der Waals surface area contributed by atoms with Gasteiger partial charge in [0, 0.05) is 6.54 Å². The van der Waals surface area contributed by atoms with Gasteiger partial charge in [-0.1, -0.05) is 12.1 Å².